The molecule has 3 nitrogen and oxygen atoms in total. The number of amides is 1. The van der Waals surface area contributed by atoms with Crippen LogP contribution in [0.3, 0.4) is 0 Å². The van der Waals surface area contributed by atoms with Crippen LogP contribution in [0.25, 0.3) is 0 Å². The van der Waals surface area contributed by atoms with E-state index < -0.39 is 0 Å². The highest BCUT2D eigenvalue weighted by molar-refractivity contribution is 5.73. The fraction of sp³-hybridized carbons (Fsp3) is 0.875. The maximum Gasteiger partial charge on any atom is 0.217 e. The summed E-state index contributed by atoms with van der Waals surface area (Å²) in [7, 11) is 0. The molecule has 0 spiro atoms. The SMILES string of the molecule is CC(=O)N[C@H]1CCCC[C@@H]1N. The average Bonchev–Trinajstić information content (AvgIpc) is 1.93. The topological polar surface area (TPSA) is 55.1 Å². The van der Waals surface area contributed by atoms with Gasteiger partial charge in [0.25, 0.3) is 0 Å². The third kappa shape index (κ3) is 2.50. The molecule has 11 heavy (non-hydrogen) atoms. The first-order chi connectivity index (χ1) is 5.20. The normalized spacial score (nSPS) is 31.5. The Morgan fingerprint density at radius 1 is 1.45 bits per heavy atom. The number of nitrogens with two attached hydrogens (primary N) is 1. The van der Waals surface area contributed by atoms with Crippen molar-refractivity contribution in [1.29, 1.82) is 0 Å². The molecule has 0 unspecified atom stereocenters. The molecule has 3 heteroatoms. The highest BCUT2D eigenvalue weighted by Gasteiger charge is 2.21. The smallest absolute Gasteiger partial charge is 0.217 e. The second-order valence-electron chi connectivity index (χ2n) is 3.26. The molecule has 0 radical (unpaired) electrons. The minimum atomic E-state index is 0.0346. The maximum atomic E-state index is 10.7. The van der Waals surface area contributed by atoms with Crippen molar-refractivity contribution < 1.29 is 4.79 Å². The van der Waals surface area contributed by atoms with E-state index in [2.05, 4.69) is 5.32 Å². The van der Waals surface area contributed by atoms with E-state index in [0.717, 1.165) is 12.8 Å². The van der Waals surface area contributed by atoms with Crippen LogP contribution in [0, 0.1) is 0 Å². The van der Waals surface area contributed by atoms with Gasteiger partial charge in [0.1, 0.15) is 0 Å². The number of rotatable bonds is 1. The van der Waals surface area contributed by atoms with Crippen molar-refractivity contribution in [3.63, 3.8) is 0 Å². The number of hydrogen-bond acceptors (Lipinski definition) is 2. The first kappa shape index (κ1) is 8.53. The van der Waals surface area contributed by atoms with E-state index in [1.54, 1.807) is 6.92 Å². The maximum absolute atomic E-state index is 10.7. The highest BCUT2D eigenvalue weighted by Crippen LogP contribution is 2.16. The summed E-state index contributed by atoms with van der Waals surface area (Å²) in [6, 6.07) is 0.397. The van der Waals surface area contributed by atoms with E-state index in [1.807, 2.05) is 0 Å². The Hall–Kier alpha value is -0.570. The zero-order valence-corrected chi connectivity index (χ0v) is 6.97. The molecule has 1 saturated carbocycles. The first-order valence-corrected chi connectivity index (χ1v) is 4.23. The van der Waals surface area contributed by atoms with Crippen LogP contribution in [0.2, 0.25) is 0 Å². The lowest BCUT2D eigenvalue weighted by Crippen LogP contribution is -2.48. The van der Waals surface area contributed by atoms with Crippen LogP contribution >= 0.6 is 0 Å². The van der Waals surface area contributed by atoms with Crippen LogP contribution in [0.4, 0.5) is 0 Å². The van der Waals surface area contributed by atoms with Gasteiger partial charge in [-0.25, -0.2) is 0 Å². The second kappa shape index (κ2) is 3.72. The zero-order chi connectivity index (χ0) is 8.27. The molecular formula is C8H16N2O. The largest absolute Gasteiger partial charge is 0.352 e. The molecule has 0 bridgehead atoms. The molecule has 1 aliphatic rings. The van der Waals surface area contributed by atoms with Crippen LogP contribution in [-0.2, 0) is 4.79 Å². The van der Waals surface area contributed by atoms with Crippen LogP contribution < -0.4 is 11.1 Å². The van der Waals surface area contributed by atoms with Crippen molar-refractivity contribution >= 4 is 5.91 Å². The van der Waals surface area contributed by atoms with Gasteiger partial charge in [-0.2, -0.15) is 0 Å². The quantitative estimate of drug-likeness (QED) is 0.577. The number of carbonyl (C=O) groups is 1. The molecule has 0 heterocycles. The Morgan fingerprint density at radius 3 is 2.64 bits per heavy atom. The van der Waals surface area contributed by atoms with Gasteiger partial charge in [-0.05, 0) is 12.8 Å². The number of carbonyl (C=O) groups excluding carboxylic acids is 1. The van der Waals surface area contributed by atoms with E-state index in [1.165, 1.54) is 12.8 Å². The van der Waals surface area contributed by atoms with Gasteiger partial charge < -0.3 is 11.1 Å². The molecule has 3 N–H and O–H groups in total. The summed E-state index contributed by atoms with van der Waals surface area (Å²) >= 11 is 0. The predicted molar refractivity (Wildman–Crippen MR) is 44.0 cm³/mol. The van der Waals surface area contributed by atoms with Crippen LogP contribution in [0.5, 0.6) is 0 Å². The van der Waals surface area contributed by atoms with E-state index >= 15 is 0 Å². The number of hydrogen-bond donors (Lipinski definition) is 2. The molecule has 1 rings (SSSR count). The van der Waals surface area contributed by atoms with Gasteiger partial charge in [-0.3, -0.25) is 4.79 Å². The third-order valence-corrected chi connectivity index (χ3v) is 2.21. The van der Waals surface area contributed by atoms with Gasteiger partial charge in [0.05, 0.1) is 0 Å². The van der Waals surface area contributed by atoms with Crippen molar-refractivity contribution in [3.05, 3.63) is 0 Å². The Morgan fingerprint density at radius 2 is 2.09 bits per heavy atom. The van der Waals surface area contributed by atoms with Crippen molar-refractivity contribution in [2.75, 3.05) is 0 Å². The fourth-order valence-corrected chi connectivity index (χ4v) is 1.60. The minimum Gasteiger partial charge on any atom is -0.352 e. The summed E-state index contributed by atoms with van der Waals surface area (Å²) in [5.41, 5.74) is 5.81. The monoisotopic (exact) mass is 156 g/mol. The first-order valence-electron chi connectivity index (χ1n) is 4.23. The molecule has 0 saturated heterocycles. The molecule has 0 aliphatic heterocycles. The van der Waals surface area contributed by atoms with Crippen molar-refractivity contribution in [3.8, 4) is 0 Å². The molecule has 0 aromatic rings. The van der Waals surface area contributed by atoms with Crippen molar-refractivity contribution in [1.82, 2.24) is 5.32 Å². The van der Waals surface area contributed by atoms with Gasteiger partial charge in [0.15, 0.2) is 0 Å². The summed E-state index contributed by atoms with van der Waals surface area (Å²) in [5, 5.41) is 2.87. The Balaban J connectivity index is 2.35. The molecular weight excluding hydrogens is 140 g/mol. The summed E-state index contributed by atoms with van der Waals surface area (Å²) < 4.78 is 0. The highest BCUT2D eigenvalue weighted by atomic mass is 16.1. The molecule has 1 amide bonds. The standard InChI is InChI=1S/C8H16N2O/c1-6(11)10-8-5-3-2-4-7(8)9/h7-8H,2-5,9H2,1H3,(H,10,11)/t7-,8-/m0/s1. The predicted octanol–water partition coefficient (Wildman–Crippen LogP) is 0.392. The van der Waals surface area contributed by atoms with Crippen LogP contribution in [0.1, 0.15) is 32.6 Å². The molecule has 64 valence electrons. The molecule has 2 atom stereocenters. The van der Waals surface area contributed by atoms with E-state index in [9.17, 15) is 4.79 Å². The third-order valence-electron chi connectivity index (χ3n) is 2.21. The second-order valence-corrected chi connectivity index (χ2v) is 3.26. The fourth-order valence-electron chi connectivity index (χ4n) is 1.60. The summed E-state index contributed by atoms with van der Waals surface area (Å²) in [4.78, 5) is 10.7. The van der Waals surface area contributed by atoms with Gasteiger partial charge in [-0.1, -0.05) is 12.8 Å². The van der Waals surface area contributed by atoms with E-state index in [0.29, 0.717) is 0 Å². The lowest BCUT2D eigenvalue weighted by molar-refractivity contribution is -0.120. The lowest BCUT2D eigenvalue weighted by Gasteiger charge is -2.28. The molecule has 0 aromatic heterocycles. The van der Waals surface area contributed by atoms with Gasteiger partial charge in [0, 0.05) is 19.0 Å². The van der Waals surface area contributed by atoms with Gasteiger partial charge in [-0.15, -0.1) is 0 Å². The van der Waals surface area contributed by atoms with Gasteiger partial charge in [0.2, 0.25) is 5.91 Å². The zero-order valence-electron chi connectivity index (χ0n) is 6.97. The summed E-state index contributed by atoms with van der Waals surface area (Å²) in [6.07, 6.45) is 4.49. The summed E-state index contributed by atoms with van der Waals surface area (Å²) in [5.74, 6) is 0.0346. The molecule has 0 aromatic carbocycles. The minimum absolute atomic E-state index is 0.0346. The Bertz CT molecular complexity index is 147. The Labute approximate surface area is 67.3 Å². The lowest BCUT2D eigenvalue weighted by atomic mass is 9.91. The number of nitrogens with one attached hydrogen (secondary N) is 1. The van der Waals surface area contributed by atoms with Crippen LogP contribution in [0.15, 0.2) is 0 Å². The molecule has 1 aliphatic carbocycles. The van der Waals surface area contributed by atoms with E-state index in [4.69, 9.17) is 5.73 Å². The van der Waals surface area contributed by atoms with E-state index in [-0.39, 0.29) is 18.0 Å². The Kier molecular flexibility index (Phi) is 2.88. The van der Waals surface area contributed by atoms with Gasteiger partial charge >= 0.3 is 0 Å². The van der Waals surface area contributed by atoms with Crippen molar-refractivity contribution in [2.45, 2.75) is 44.7 Å². The van der Waals surface area contributed by atoms with Crippen molar-refractivity contribution in [2.24, 2.45) is 5.73 Å². The average molecular weight is 156 g/mol. The van der Waals surface area contributed by atoms with Crippen LogP contribution in [-0.4, -0.2) is 18.0 Å². The molecule has 1 fully saturated rings. The summed E-state index contributed by atoms with van der Waals surface area (Å²) in [6.45, 7) is 1.54.